The van der Waals surface area contributed by atoms with Crippen molar-refractivity contribution in [3.63, 3.8) is 0 Å². The molecule has 0 heterocycles. The minimum Gasteiger partial charge on any atom is -0.502 e. The van der Waals surface area contributed by atoms with Gasteiger partial charge in [0.05, 0.1) is 12.7 Å². The number of methoxy groups -OCH3 is 1. The quantitative estimate of drug-likeness (QED) is 0.711. The van der Waals surface area contributed by atoms with Gasteiger partial charge in [0.2, 0.25) is 0 Å². The third kappa shape index (κ3) is 1.47. The molecule has 0 aromatic heterocycles. The van der Waals surface area contributed by atoms with Gasteiger partial charge in [0.1, 0.15) is 0 Å². The minimum atomic E-state index is -0.947. The molecule has 0 saturated heterocycles. The summed E-state index contributed by atoms with van der Waals surface area (Å²) >= 11 is 0. The van der Waals surface area contributed by atoms with Crippen LogP contribution in [0.4, 0.5) is 4.39 Å². The molecule has 0 aliphatic carbocycles. The number of aldehydes is 1. The number of benzene rings is 1. The lowest BCUT2D eigenvalue weighted by molar-refractivity contribution is 0.111. The molecule has 0 amide bonds. The van der Waals surface area contributed by atoms with Crippen LogP contribution in [-0.4, -0.2) is 18.5 Å². The largest absolute Gasteiger partial charge is 0.502 e. The van der Waals surface area contributed by atoms with Crippen molar-refractivity contribution < 1.29 is 19.0 Å². The van der Waals surface area contributed by atoms with Crippen LogP contribution in [0.2, 0.25) is 0 Å². The fourth-order valence-corrected chi connectivity index (χ4v) is 1.13. The van der Waals surface area contributed by atoms with E-state index in [9.17, 15) is 14.3 Å². The molecule has 1 aromatic carbocycles. The third-order valence-corrected chi connectivity index (χ3v) is 1.74. The fourth-order valence-electron chi connectivity index (χ4n) is 1.13. The zero-order valence-electron chi connectivity index (χ0n) is 7.30. The van der Waals surface area contributed by atoms with Gasteiger partial charge in [-0.05, 0) is 18.6 Å². The highest BCUT2D eigenvalue weighted by Gasteiger charge is 2.15. The number of aromatic hydroxyl groups is 1. The molecule has 1 aromatic rings. The molecule has 0 atom stereocenters. The molecular weight excluding hydrogens is 175 g/mol. The Morgan fingerprint density at radius 2 is 2.23 bits per heavy atom. The number of hydrogen-bond donors (Lipinski definition) is 1. The van der Waals surface area contributed by atoms with E-state index in [1.54, 1.807) is 6.92 Å². The van der Waals surface area contributed by atoms with E-state index in [-0.39, 0.29) is 11.3 Å². The number of phenols is 1. The Labute approximate surface area is 74.8 Å². The van der Waals surface area contributed by atoms with Gasteiger partial charge in [0, 0.05) is 0 Å². The SMILES string of the molecule is COc1c(C)cc(C=O)c(F)c1O. The van der Waals surface area contributed by atoms with Gasteiger partial charge in [-0.2, -0.15) is 0 Å². The molecule has 0 aliphatic heterocycles. The van der Waals surface area contributed by atoms with Gasteiger partial charge >= 0.3 is 0 Å². The molecule has 1 N–H and O–H groups in total. The van der Waals surface area contributed by atoms with Crippen LogP contribution in [-0.2, 0) is 0 Å². The summed E-state index contributed by atoms with van der Waals surface area (Å²) in [7, 11) is 1.32. The van der Waals surface area contributed by atoms with Crippen molar-refractivity contribution in [3.8, 4) is 11.5 Å². The first-order valence-electron chi connectivity index (χ1n) is 3.63. The highest BCUT2D eigenvalue weighted by atomic mass is 19.1. The molecule has 0 aliphatic rings. The summed E-state index contributed by atoms with van der Waals surface area (Å²) in [6.45, 7) is 1.62. The van der Waals surface area contributed by atoms with Crippen molar-refractivity contribution in [2.24, 2.45) is 0 Å². The first kappa shape index (κ1) is 9.51. The van der Waals surface area contributed by atoms with Crippen molar-refractivity contribution in [1.82, 2.24) is 0 Å². The topological polar surface area (TPSA) is 46.5 Å². The molecular formula is C9H9FO3. The van der Waals surface area contributed by atoms with E-state index < -0.39 is 11.6 Å². The maximum Gasteiger partial charge on any atom is 0.195 e. The maximum atomic E-state index is 13.1. The molecule has 13 heavy (non-hydrogen) atoms. The molecule has 1 rings (SSSR count). The highest BCUT2D eigenvalue weighted by molar-refractivity contribution is 5.77. The summed E-state index contributed by atoms with van der Waals surface area (Å²) in [4.78, 5) is 10.3. The van der Waals surface area contributed by atoms with Crippen LogP contribution in [0.15, 0.2) is 6.07 Å². The molecule has 3 nitrogen and oxygen atoms in total. The molecule has 4 heteroatoms. The average Bonchev–Trinajstić information content (AvgIpc) is 2.12. The standard InChI is InChI=1S/C9H9FO3/c1-5-3-6(4-11)7(10)8(12)9(5)13-2/h3-4,12H,1-2H3. The predicted octanol–water partition coefficient (Wildman–Crippen LogP) is 1.66. The van der Waals surface area contributed by atoms with Crippen LogP contribution in [0.5, 0.6) is 11.5 Å². The maximum absolute atomic E-state index is 13.1. The van der Waals surface area contributed by atoms with E-state index in [4.69, 9.17) is 4.74 Å². The lowest BCUT2D eigenvalue weighted by Crippen LogP contribution is -1.95. The summed E-state index contributed by atoms with van der Waals surface area (Å²) in [6.07, 6.45) is 0.349. The van der Waals surface area contributed by atoms with Gasteiger partial charge in [0.15, 0.2) is 23.6 Å². The Morgan fingerprint density at radius 1 is 1.62 bits per heavy atom. The van der Waals surface area contributed by atoms with Crippen molar-refractivity contribution in [2.45, 2.75) is 6.92 Å². The van der Waals surface area contributed by atoms with Crippen molar-refractivity contribution in [3.05, 3.63) is 23.0 Å². The molecule has 70 valence electrons. The second-order valence-corrected chi connectivity index (χ2v) is 2.60. The lowest BCUT2D eigenvalue weighted by Gasteiger charge is -2.08. The van der Waals surface area contributed by atoms with Crippen molar-refractivity contribution in [2.75, 3.05) is 7.11 Å². The molecule has 0 unspecified atom stereocenters. The summed E-state index contributed by atoms with van der Waals surface area (Å²) < 4.78 is 17.8. The van der Waals surface area contributed by atoms with E-state index in [1.165, 1.54) is 13.2 Å². The molecule has 0 radical (unpaired) electrons. The predicted molar refractivity (Wildman–Crippen MR) is 44.7 cm³/mol. The number of rotatable bonds is 2. The summed E-state index contributed by atoms with van der Waals surface area (Å²) in [5, 5.41) is 9.23. The third-order valence-electron chi connectivity index (χ3n) is 1.74. The second-order valence-electron chi connectivity index (χ2n) is 2.60. The van der Waals surface area contributed by atoms with E-state index in [2.05, 4.69) is 0 Å². The smallest absolute Gasteiger partial charge is 0.195 e. The molecule has 0 fully saturated rings. The van der Waals surface area contributed by atoms with Gasteiger partial charge in [-0.3, -0.25) is 4.79 Å². The number of carbonyl (C=O) groups is 1. The first-order valence-corrected chi connectivity index (χ1v) is 3.63. The number of aryl methyl sites for hydroxylation is 1. The summed E-state index contributed by atoms with van der Waals surface area (Å²) in [5.74, 6) is -1.51. The van der Waals surface area contributed by atoms with Gasteiger partial charge in [-0.25, -0.2) is 4.39 Å². The van der Waals surface area contributed by atoms with Gasteiger partial charge in [-0.1, -0.05) is 0 Å². The number of carbonyl (C=O) groups excluding carboxylic acids is 1. The van der Waals surface area contributed by atoms with Crippen LogP contribution >= 0.6 is 0 Å². The Morgan fingerprint density at radius 3 is 2.69 bits per heavy atom. The van der Waals surface area contributed by atoms with E-state index in [0.29, 0.717) is 11.8 Å². The normalized spacial score (nSPS) is 9.77. The van der Waals surface area contributed by atoms with Crippen LogP contribution in [0.3, 0.4) is 0 Å². The van der Waals surface area contributed by atoms with E-state index in [0.717, 1.165) is 0 Å². The Balaban J connectivity index is 3.45. The minimum absolute atomic E-state index is 0.0584. The van der Waals surface area contributed by atoms with E-state index in [1.807, 2.05) is 0 Å². The Hall–Kier alpha value is -1.58. The van der Waals surface area contributed by atoms with Crippen LogP contribution in [0.25, 0.3) is 0 Å². The van der Waals surface area contributed by atoms with Crippen LogP contribution in [0.1, 0.15) is 15.9 Å². The Bertz CT molecular complexity index is 347. The molecule has 0 saturated carbocycles. The number of ether oxygens (including phenoxy) is 1. The van der Waals surface area contributed by atoms with Crippen molar-refractivity contribution in [1.29, 1.82) is 0 Å². The fraction of sp³-hybridized carbons (Fsp3) is 0.222. The molecule has 0 bridgehead atoms. The Kier molecular flexibility index (Phi) is 2.51. The van der Waals surface area contributed by atoms with Gasteiger partial charge in [-0.15, -0.1) is 0 Å². The highest BCUT2D eigenvalue weighted by Crippen LogP contribution is 2.33. The van der Waals surface area contributed by atoms with E-state index >= 15 is 0 Å². The van der Waals surface area contributed by atoms with Crippen LogP contribution < -0.4 is 4.74 Å². The second kappa shape index (κ2) is 3.43. The number of hydrogen-bond acceptors (Lipinski definition) is 3. The zero-order chi connectivity index (χ0) is 10.0. The van der Waals surface area contributed by atoms with Gasteiger partial charge in [0.25, 0.3) is 0 Å². The molecule has 0 spiro atoms. The zero-order valence-corrected chi connectivity index (χ0v) is 7.30. The monoisotopic (exact) mass is 184 g/mol. The number of halogens is 1. The lowest BCUT2D eigenvalue weighted by atomic mass is 10.1. The van der Waals surface area contributed by atoms with Crippen molar-refractivity contribution >= 4 is 6.29 Å². The summed E-state index contributed by atoms with van der Waals surface area (Å²) in [5.41, 5.74) is 0.347. The summed E-state index contributed by atoms with van der Waals surface area (Å²) in [6, 6.07) is 1.32. The average molecular weight is 184 g/mol. The number of phenolic OH excluding ortho intramolecular Hbond substituents is 1. The van der Waals surface area contributed by atoms with Crippen LogP contribution in [0, 0.1) is 12.7 Å². The first-order chi connectivity index (χ1) is 6.11. The van der Waals surface area contributed by atoms with Gasteiger partial charge < -0.3 is 9.84 Å².